The molecule has 0 saturated heterocycles. The molecule has 3 N–H and O–H groups in total. The minimum Gasteiger partial charge on any atom is -0.413 e. The molecule has 6 aliphatic carbocycles. The highest BCUT2D eigenvalue weighted by atomic mass is 31.2. The fourth-order valence-corrected chi connectivity index (χ4v) is 26.0. The minimum atomic E-state index is -6.01. The lowest BCUT2D eigenvalue weighted by atomic mass is 9.55. The highest BCUT2D eigenvalue weighted by molar-refractivity contribution is 7.78. The molecule has 8 nitrogen and oxygen atoms in total. The van der Waals surface area contributed by atoms with Crippen molar-refractivity contribution in [2.24, 2.45) is 45.3 Å². The topological polar surface area (TPSA) is 123 Å². The van der Waals surface area contributed by atoms with Gasteiger partial charge in [0.15, 0.2) is 25.0 Å². The van der Waals surface area contributed by atoms with Gasteiger partial charge in [-0.3, -0.25) is 4.79 Å². The Morgan fingerprint density at radius 1 is 0.569 bits per heavy atom. The summed E-state index contributed by atoms with van der Waals surface area (Å²) in [5.74, 6) is 7.31. The second-order valence-corrected chi connectivity index (χ2v) is 56.2. The van der Waals surface area contributed by atoms with Crippen molar-refractivity contribution in [2.45, 2.75) is 346 Å². The number of ketones is 1. The summed E-state index contributed by atoms with van der Waals surface area (Å²) in [5.41, 5.74) is -9.68. The summed E-state index contributed by atoms with van der Waals surface area (Å²) in [7, 11) is -10.1. The Morgan fingerprint density at radius 2 is 1.02 bits per heavy atom. The van der Waals surface area contributed by atoms with Crippen LogP contribution in [-0.2, 0) is 22.6 Å². The summed E-state index contributed by atoms with van der Waals surface area (Å²) in [6, 6.07) is 19.2. The molecule has 2 unspecified atom stereocenters. The van der Waals surface area contributed by atoms with E-state index in [1.54, 1.807) is 19.8 Å². The van der Waals surface area contributed by atoms with Crippen molar-refractivity contribution in [1.29, 1.82) is 0 Å². The second kappa shape index (κ2) is 37.3. The number of carbonyl (C=O) groups excluding carboxylic acids is 1. The molecule has 6 aliphatic rings. The molecule has 0 radical (unpaired) electrons. The molecule has 8 rings (SSSR count). The zero-order valence-electron chi connectivity index (χ0n) is 71.9. The first kappa shape index (κ1) is 100. The van der Waals surface area contributed by atoms with Crippen LogP contribution < -0.4 is 10.6 Å². The molecular formula is C90H131F14O8PSi3. The van der Waals surface area contributed by atoms with Gasteiger partial charge in [0.05, 0.1) is 23.4 Å². The van der Waals surface area contributed by atoms with Crippen LogP contribution >= 0.6 is 7.14 Å². The van der Waals surface area contributed by atoms with Gasteiger partial charge in [0.2, 0.25) is 0 Å². The van der Waals surface area contributed by atoms with Crippen molar-refractivity contribution in [3.8, 4) is 23.7 Å². The summed E-state index contributed by atoms with van der Waals surface area (Å²) in [6.45, 7) is 44.3. The highest BCUT2D eigenvalue weighted by Crippen LogP contribution is 2.65. The van der Waals surface area contributed by atoms with Crippen LogP contribution in [0, 0.1) is 69.0 Å². The maximum Gasteiger partial charge on any atom is 0.438 e. The average Bonchev–Trinajstić information content (AvgIpc) is 1.33. The van der Waals surface area contributed by atoms with Crippen LogP contribution in [0.4, 0.5) is 61.5 Å². The summed E-state index contributed by atoms with van der Waals surface area (Å²) in [5, 5.41) is 31.6. The monoisotopic (exact) mass is 1720 g/mol. The molecule has 0 amide bonds. The van der Waals surface area contributed by atoms with E-state index < -0.39 is 108 Å². The molecule has 26 heteroatoms. The maximum atomic E-state index is 14.9. The number of hydrogen-bond donors (Lipinski definition) is 3. The molecule has 12 atom stereocenters. The van der Waals surface area contributed by atoms with Gasteiger partial charge in [-0.25, -0.2) is 8.78 Å². The summed E-state index contributed by atoms with van der Waals surface area (Å²) >= 11 is 0. The molecule has 2 aromatic rings. The SMILES string of the molecule is C=C1/C(=C\C=C2/CCC[C@@]3(C)C2CC[C@@H]3[C@@](C)(CC#CC(O)(C(F)(F)F)C(F)(F)F)CCCC(C)(C)O)C[C@@H](O)C[C@@H]1F.C=C1/C(=C\CP(=O)(c2ccccc2)c2ccccc2)C[C@@H](O[Si](C)(C)C(C)(C)C)C[C@@H]1F.CC(C)(CCC[C@](C)(CC#CC(O[Si](C)(C)C)(C(F)(F)F)C(F)(F)F)[C@H]1CCC2C(=O)CCC[C@@]21C)O[Si](C)(C)C. The number of benzene rings is 2. The first-order valence-corrected chi connectivity index (χ1v) is 52.7. The molecular weight excluding hydrogens is 1590 g/mol. The first-order chi connectivity index (χ1) is 52.7. The summed E-state index contributed by atoms with van der Waals surface area (Å²) in [6.07, 6.45) is -9.30. The Balaban J connectivity index is 0.000000273. The molecule has 0 heterocycles. The zero-order valence-corrected chi connectivity index (χ0v) is 75.8. The molecule has 0 bridgehead atoms. The number of halogens is 14. The van der Waals surface area contributed by atoms with E-state index >= 15 is 0 Å². The number of rotatable bonds is 23. The van der Waals surface area contributed by atoms with Crippen LogP contribution in [0.25, 0.3) is 0 Å². The van der Waals surface area contributed by atoms with Gasteiger partial charge < -0.3 is 33.2 Å². The fourth-order valence-electron chi connectivity index (χ4n) is 19.2. The number of fused-ring (bicyclic) bond motifs is 2. The van der Waals surface area contributed by atoms with Crippen molar-refractivity contribution in [3.05, 3.63) is 120 Å². The van der Waals surface area contributed by atoms with Crippen LogP contribution in [0.1, 0.15) is 217 Å². The highest BCUT2D eigenvalue weighted by Gasteiger charge is 2.74. The largest absolute Gasteiger partial charge is 0.438 e. The Bertz CT molecular complexity index is 3900. The predicted molar refractivity (Wildman–Crippen MR) is 445 cm³/mol. The van der Waals surface area contributed by atoms with E-state index in [1.165, 1.54) is 19.6 Å². The standard InChI is InChI=1S/C33H45F7O3.C30H50F6O3Si2.C27H36FO2PSi/c1-21-23(19-24(41)20-26(21)34)11-10-22-9-6-17-30(5)25(22)12-13-27(30)29(4,15-7-14-28(2,3)42)16-8-18-31(43,32(35,36)37)33(38,39)40;1-25(2,38-40(5,6)7)17-12-18-26(3,24-16-15-22-23(37)14-11-20-27(22,24)4)19-13-21-28(29(31,32)33,30(34,35)36)39-41(8,9)10;1-21-22(19-23(20-26(21)28)30-32(5,6)27(2,3)4)17-18-31(29,24-13-9-7-10-14-24)25-15-11-8-12-16-25/h10-11,24-27,41-43H,1,6-7,9,12-17,19-20H2,2-5H3;22,24H,11-12,14-20H2,1-10H3;7-17,23,26H,1,18-20H2,2-6H3/b22-10+,23-11-;;22-17-/t24-,25?,26+,27-,29-,30+;22?,24-,26-,27+;23-,26+/m111/s1. The quantitative estimate of drug-likeness (QED) is 0.0435. The van der Waals surface area contributed by atoms with Crippen molar-refractivity contribution in [3.63, 3.8) is 0 Å². The Kier molecular flexibility index (Phi) is 32.3. The van der Waals surface area contributed by atoms with E-state index in [9.17, 15) is 86.1 Å². The van der Waals surface area contributed by atoms with E-state index in [-0.39, 0.29) is 70.7 Å². The van der Waals surface area contributed by atoms with E-state index in [1.807, 2.05) is 107 Å². The molecule has 6 saturated carbocycles. The number of Topliss-reactive ketones (excluding diaryl/α,β-unsaturated/α-hetero) is 1. The number of hydrogen-bond acceptors (Lipinski definition) is 8. The molecule has 6 fully saturated rings. The second-order valence-electron chi connectivity index (χ2n) is 39.7. The van der Waals surface area contributed by atoms with Gasteiger partial charge in [-0.05, 0) is 255 Å². The third kappa shape index (κ3) is 24.7. The van der Waals surface area contributed by atoms with Crippen LogP contribution in [0.2, 0.25) is 57.4 Å². The van der Waals surface area contributed by atoms with Crippen molar-refractivity contribution >= 4 is 48.5 Å². The molecule has 0 aliphatic heterocycles. The summed E-state index contributed by atoms with van der Waals surface area (Å²) < 4.78 is 226. The maximum absolute atomic E-state index is 14.9. The van der Waals surface area contributed by atoms with Crippen LogP contribution in [0.15, 0.2) is 120 Å². The van der Waals surface area contributed by atoms with Crippen molar-refractivity contribution in [1.82, 2.24) is 0 Å². The molecule has 0 aromatic heterocycles. The van der Waals surface area contributed by atoms with E-state index in [2.05, 4.69) is 92.4 Å². The molecule has 654 valence electrons. The van der Waals surface area contributed by atoms with Crippen molar-refractivity contribution < 1.29 is 99.4 Å². The van der Waals surface area contributed by atoms with Crippen molar-refractivity contribution in [2.75, 3.05) is 6.16 Å². The third-order valence-electron chi connectivity index (χ3n) is 25.9. The lowest BCUT2D eigenvalue weighted by Gasteiger charge is -2.49. The van der Waals surface area contributed by atoms with Gasteiger partial charge in [0.25, 0.3) is 0 Å². The van der Waals surface area contributed by atoms with Crippen LogP contribution in [0.3, 0.4) is 0 Å². The third-order valence-corrected chi connectivity index (χ3v) is 35.5. The Hall–Kier alpha value is -4.41. The number of aliphatic hydroxyl groups excluding tert-OH is 1. The van der Waals surface area contributed by atoms with E-state index in [4.69, 9.17) is 13.3 Å². The van der Waals surface area contributed by atoms with Gasteiger partial charge >= 0.3 is 35.9 Å². The zero-order chi connectivity index (χ0) is 88.1. The smallest absolute Gasteiger partial charge is 0.413 e. The predicted octanol–water partition coefficient (Wildman–Crippen LogP) is 25.0. The van der Waals surface area contributed by atoms with Gasteiger partial charge in [0.1, 0.15) is 25.3 Å². The summed E-state index contributed by atoms with van der Waals surface area (Å²) in [4.78, 5) is 12.8. The normalized spacial score (nSPS) is 27.3. The van der Waals surface area contributed by atoms with E-state index in [0.29, 0.717) is 106 Å². The van der Waals surface area contributed by atoms with Crippen LogP contribution in [0.5, 0.6) is 0 Å². The minimum absolute atomic E-state index is 0.0212. The molecule has 2 aromatic carbocycles. The van der Waals surface area contributed by atoms with Gasteiger partial charge in [-0.2, -0.15) is 52.7 Å². The number of alkyl halides is 14. The fraction of sp³-hybridized carbons (Fsp3) is 0.700. The average molecular weight is 1720 g/mol. The molecule has 0 spiro atoms. The number of carbonyl (C=O) groups is 1. The Labute approximate surface area is 685 Å². The first-order valence-electron chi connectivity index (χ1n) is 41.1. The van der Waals surface area contributed by atoms with Gasteiger partial charge in [0, 0.05) is 54.8 Å². The number of aliphatic hydroxyl groups is 3. The van der Waals surface area contributed by atoms with E-state index in [0.717, 1.165) is 66.2 Å². The van der Waals surface area contributed by atoms with Gasteiger partial charge in [-0.1, -0.05) is 171 Å². The molecule has 116 heavy (non-hydrogen) atoms. The lowest BCUT2D eigenvalue weighted by molar-refractivity contribution is -0.343. The Morgan fingerprint density at radius 3 is 1.48 bits per heavy atom. The van der Waals surface area contributed by atoms with Crippen LogP contribution in [-0.4, -0.2) is 124 Å². The lowest BCUT2D eigenvalue weighted by Crippen LogP contribution is -2.61. The number of allylic oxidation sites excluding steroid dienone is 6. The van der Waals surface area contributed by atoms with Gasteiger partial charge in [-0.15, -0.1) is 0 Å².